The Morgan fingerprint density at radius 3 is 2.89 bits per heavy atom. The molecule has 140 valence electrons. The van der Waals surface area contributed by atoms with Gasteiger partial charge >= 0.3 is 0 Å². The van der Waals surface area contributed by atoms with Gasteiger partial charge < -0.3 is 10.2 Å². The fourth-order valence-electron chi connectivity index (χ4n) is 3.54. The first-order chi connectivity index (χ1) is 13.0. The lowest BCUT2D eigenvalue weighted by atomic mass is 10.0. The van der Waals surface area contributed by atoms with Crippen LogP contribution < -0.4 is 5.32 Å². The van der Waals surface area contributed by atoms with Gasteiger partial charge in [0.25, 0.3) is 5.91 Å². The molecule has 2 heterocycles. The number of carbonyl (C=O) groups excluding carboxylic acids is 1. The van der Waals surface area contributed by atoms with E-state index in [1.807, 2.05) is 25.1 Å². The second kappa shape index (κ2) is 6.98. The standard InChI is InChI=1S/C20H20F2N4O/c1-12-4-7-18-15(9-12)19(25-24-18)20(27)26-8-2-3-14(11-26)23-13-5-6-16(21)17(22)10-13/h4-7,9-10,14,23H,2-3,8,11H2,1H3,(H,24,25)/t14-/m1/s1. The molecular weight excluding hydrogens is 350 g/mol. The summed E-state index contributed by atoms with van der Waals surface area (Å²) >= 11 is 0. The first-order valence-corrected chi connectivity index (χ1v) is 8.97. The summed E-state index contributed by atoms with van der Waals surface area (Å²) in [5.74, 6) is -1.88. The average molecular weight is 370 g/mol. The molecule has 27 heavy (non-hydrogen) atoms. The molecule has 1 saturated heterocycles. The molecule has 2 N–H and O–H groups in total. The van der Waals surface area contributed by atoms with Crippen molar-refractivity contribution in [3.8, 4) is 0 Å². The number of H-pyrrole nitrogens is 1. The van der Waals surface area contributed by atoms with Gasteiger partial charge in [0.1, 0.15) is 0 Å². The molecule has 0 unspecified atom stereocenters. The van der Waals surface area contributed by atoms with Crippen LogP contribution in [0.25, 0.3) is 10.9 Å². The Labute approximate surface area is 155 Å². The quantitative estimate of drug-likeness (QED) is 0.736. The zero-order valence-electron chi connectivity index (χ0n) is 14.9. The minimum absolute atomic E-state index is 0.0282. The monoisotopic (exact) mass is 370 g/mol. The topological polar surface area (TPSA) is 61.0 Å². The number of benzene rings is 2. The van der Waals surface area contributed by atoms with E-state index in [4.69, 9.17) is 0 Å². The molecule has 0 bridgehead atoms. The van der Waals surface area contributed by atoms with Crippen LogP contribution in [0.3, 0.4) is 0 Å². The number of carbonyl (C=O) groups is 1. The van der Waals surface area contributed by atoms with Crippen LogP contribution in [0.5, 0.6) is 0 Å². The molecule has 1 aromatic heterocycles. The fourth-order valence-corrected chi connectivity index (χ4v) is 3.54. The SMILES string of the molecule is Cc1ccc2[nH]nc(C(=O)N3CCC[C@@H](Nc4ccc(F)c(F)c4)C3)c2c1. The predicted molar refractivity (Wildman–Crippen MR) is 99.7 cm³/mol. The number of halogens is 2. The Hall–Kier alpha value is -2.96. The second-order valence-electron chi connectivity index (χ2n) is 6.98. The van der Waals surface area contributed by atoms with Gasteiger partial charge in [-0.1, -0.05) is 11.6 Å². The maximum atomic E-state index is 13.4. The van der Waals surface area contributed by atoms with Crippen LogP contribution in [0.15, 0.2) is 36.4 Å². The molecular formula is C20H20F2N4O. The molecule has 1 aliphatic rings. The van der Waals surface area contributed by atoms with E-state index >= 15 is 0 Å². The number of likely N-dealkylation sites (tertiary alicyclic amines) is 1. The van der Waals surface area contributed by atoms with E-state index in [0.29, 0.717) is 24.5 Å². The van der Waals surface area contributed by atoms with Gasteiger partial charge in [-0.2, -0.15) is 5.10 Å². The lowest BCUT2D eigenvalue weighted by molar-refractivity contribution is 0.0710. The lowest BCUT2D eigenvalue weighted by Gasteiger charge is -2.33. The summed E-state index contributed by atoms with van der Waals surface area (Å²) in [5, 5.41) is 11.1. The number of nitrogens with one attached hydrogen (secondary N) is 2. The largest absolute Gasteiger partial charge is 0.380 e. The third-order valence-electron chi connectivity index (χ3n) is 4.92. The van der Waals surface area contributed by atoms with Gasteiger partial charge in [-0.3, -0.25) is 9.89 Å². The smallest absolute Gasteiger partial charge is 0.275 e. The van der Waals surface area contributed by atoms with Gasteiger partial charge in [0.2, 0.25) is 0 Å². The summed E-state index contributed by atoms with van der Waals surface area (Å²) in [6.07, 6.45) is 1.68. The number of anilines is 1. The van der Waals surface area contributed by atoms with Gasteiger partial charge in [0.15, 0.2) is 17.3 Å². The van der Waals surface area contributed by atoms with Crippen molar-refractivity contribution in [3.63, 3.8) is 0 Å². The number of aromatic amines is 1. The van der Waals surface area contributed by atoms with Crippen molar-refractivity contribution in [2.24, 2.45) is 0 Å². The molecule has 7 heteroatoms. The summed E-state index contributed by atoms with van der Waals surface area (Å²) in [4.78, 5) is 14.8. The molecule has 1 fully saturated rings. The van der Waals surface area contributed by atoms with E-state index < -0.39 is 11.6 Å². The van der Waals surface area contributed by atoms with Crippen LogP contribution in [0, 0.1) is 18.6 Å². The zero-order valence-corrected chi connectivity index (χ0v) is 14.9. The van der Waals surface area contributed by atoms with Gasteiger partial charge in [0, 0.05) is 36.3 Å². The van der Waals surface area contributed by atoms with Crippen molar-refractivity contribution < 1.29 is 13.6 Å². The maximum absolute atomic E-state index is 13.4. The van der Waals surface area contributed by atoms with Crippen molar-refractivity contribution in [1.82, 2.24) is 15.1 Å². The van der Waals surface area contributed by atoms with Gasteiger partial charge in [-0.05, 0) is 44.0 Å². The number of hydrogen-bond acceptors (Lipinski definition) is 3. The Morgan fingerprint density at radius 2 is 2.07 bits per heavy atom. The molecule has 0 aliphatic carbocycles. The highest BCUT2D eigenvalue weighted by atomic mass is 19.2. The van der Waals surface area contributed by atoms with Gasteiger partial charge in [0.05, 0.1) is 5.52 Å². The van der Waals surface area contributed by atoms with Gasteiger partial charge in [-0.25, -0.2) is 8.78 Å². The summed E-state index contributed by atoms with van der Waals surface area (Å²) in [6, 6.07) is 9.55. The number of rotatable bonds is 3. The summed E-state index contributed by atoms with van der Waals surface area (Å²) in [6.45, 7) is 3.11. The number of fused-ring (bicyclic) bond motifs is 1. The van der Waals surface area contributed by atoms with E-state index in [1.165, 1.54) is 6.07 Å². The summed E-state index contributed by atoms with van der Waals surface area (Å²) in [5.41, 5.74) is 2.82. The number of amides is 1. The van der Waals surface area contributed by atoms with E-state index in [0.717, 1.165) is 41.4 Å². The van der Waals surface area contributed by atoms with Gasteiger partial charge in [-0.15, -0.1) is 0 Å². The third kappa shape index (κ3) is 3.49. The Kier molecular flexibility index (Phi) is 4.51. The Morgan fingerprint density at radius 1 is 1.22 bits per heavy atom. The lowest BCUT2D eigenvalue weighted by Crippen LogP contribution is -2.45. The Balaban J connectivity index is 1.51. The molecule has 1 atom stereocenters. The van der Waals surface area contributed by atoms with Crippen LogP contribution in [0.4, 0.5) is 14.5 Å². The normalized spacial score (nSPS) is 17.3. The number of aryl methyl sites for hydroxylation is 1. The number of hydrogen-bond donors (Lipinski definition) is 2. The summed E-state index contributed by atoms with van der Waals surface area (Å²) in [7, 11) is 0. The van der Waals surface area contributed by atoms with E-state index in [9.17, 15) is 13.6 Å². The van der Waals surface area contributed by atoms with Crippen molar-refractivity contribution in [1.29, 1.82) is 0 Å². The van der Waals surface area contributed by atoms with Crippen LogP contribution in [-0.2, 0) is 0 Å². The first-order valence-electron chi connectivity index (χ1n) is 8.97. The highest BCUT2D eigenvalue weighted by Crippen LogP contribution is 2.22. The highest BCUT2D eigenvalue weighted by molar-refractivity contribution is 6.04. The van der Waals surface area contributed by atoms with E-state index in [1.54, 1.807) is 4.90 Å². The van der Waals surface area contributed by atoms with E-state index in [-0.39, 0.29) is 11.9 Å². The molecule has 5 nitrogen and oxygen atoms in total. The van der Waals surface area contributed by atoms with Crippen molar-refractivity contribution in [2.45, 2.75) is 25.8 Å². The second-order valence-corrected chi connectivity index (χ2v) is 6.98. The van der Waals surface area contributed by atoms with Crippen LogP contribution in [0.2, 0.25) is 0 Å². The predicted octanol–water partition coefficient (Wildman–Crippen LogP) is 3.87. The number of piperidine rings is 1. The van der Waals surface area contributed by atoms with Crippen LogP contribution in [0.1, 0.15) is 28.9 Å². The number of aromatic nitrogens is 2. The summed E-state index contributed by atoms with van der Waals surface area (Å²) < 4.78 is 26.5. The van der Waals surface area contributed by atoms with Crippen LogP contribution >= 0.6 is 0 Å². The molecule has 4 rings (SSSR count). The fraction of sp³-hybridized carbons (Fsp3) is 0.300. The molecule has 0 spiro atoms. The first kappa shape index (κ1) is 17.5. The minimum Gasteiger partial charge on any atom is -0.380 e. The molecule has 1 amide bonds. The van der Waals surface area contributed by atoms with Crippen molar-refractivity contribution in [3.05, 3.63) is 59.3 Å². The number of nitrogens with zero attached hydrogens (tertiary/aromatic N) is 2. The highest BCUT2D eigenvalue weighted by Gasteiger charge is 2.27. The third-order valence-corrected chi connectivity index (χ3v) is 4.92. The Bertz CT molecular complexity index is 1000. The molecule has 1 aliphatic heterocycles. The van der Waals surface area contributed by atoms with E-state index in [2.05, 4.69) is 15.5 Å². The molecule has 3 aromatic rings. The average Bonchev–Trinajstić information content (AvgIpc) is 3.07. The molecule has 2 aromatic carbocycles. The maximum Gasteiger partial charge on any atom is 0.275 e. The molecule has 0 saturated carbocycles. The van der Waals surface area contributed by atoms with Crippen molar-refractivity contribution in [2.75, 3.05) is 18.4 Å². The molecule has 0 radical (unpaired) electrons. The van der Waals surface area contributed by atoms with Crippen molar-refractivity contribution >= 4 is 22.5 Å². The van der Waals surface area contributed by atoms with Crippen LogP contribution in [-0.4, -0.2) is 40.1 Å². The minimum atomic E-state index is -0.887. The zero-order chi connectivity index (χ0) is 19.0.